The molecule has 0 saturated heterocycles. The molecular weight excluding hydrogens is 1230 g/mol. The van der Waals surface area contributed by atoms with Crippen LogP contribution >= 0.6 is 11.8 Å². The summed E-state index contributed by atoms with van der Waals surface area (Å²) in [7, 11) is 6.18. The Kier molecular flexibility index (Phi) is 35.3. The molecule has 0 aromatic heterocycles. The first kappa shape index (κ1) is 81.3. The third-order valence-electron chi connectivity index (χ3n) is 18.4. The number of hydrogen-bond donors (Lipinski definition) is 6. The van der Waals surface area contributed by atoms with Gasteiger partial charge in [0, 0.05) is 58.4 Å². The zero-order chi connectivity index (χ0) is 70.5. The normalized spacial score (nSPS) is 19.0. The average Bonchev–Trinajstić information content (AvgIpc) is 1.80. The molecule has 95 heavy (non-hydrogen) atoms. The molecule has 7 amide bonds. The summed E-state index contributed by atoms with van der Waals surface area (Å²) in [5, 5.41) is 25.6. The topological polar surface area (TPSA) is 279 Å². The van der Waals surface area contributed by atoms with E-state index >= 15 is 0 Å². The lowest BCUT2D eigenvalue weighted by molar-refractivity contribution is -0.145. The van der Waals surface area contributed by atoms with Gasteiger partial charge in [-0.3, -0.25) is 39.0 Å². The van der Waals surface area contributed by atoms with E-state index in [4.69, 9.17) is 28.4 Å². The number of rotatable bonds is 39. The van der Waals surface area contributed by atoms with E-state index in [-0.39, 0.29) is 97.3 Å². The number of carbonyl (C=O) groups excluding carboxylic acids is 8. The van der Waals surface area contributed by atoms with Crippen LogP contribution in [0.5, 0.6) is 0 Å². The summed E-state index contributed by atoms with van der Waals surface area (Å²) in [6.07, 6.45) is 8.82. The molecule has 1 fully saturated rings. The van der Waals surface area contributed by atoms with Crippen molar-refractivity contribution in [1.82, 2.24) is 25.8 Å². The van der Waals surface area contributed by atoms with E-state index in [9.17, 15) is 43.5 Å². The van der Waals surface area contributed by atoms with Crippen LogP contribution in [0.4, 0.5) is 21.0 Å². The summed E-state index contributed by atoms with van der Waals surface area (Å²) < 4.78 is 34.2. The second kappa shape index (κ2) is 41.2. The quantitative estimate of drug-likeness (QED) is 0.0268. The molecule has 1 aliphatic heterocycles. The number of unbranched alkanes of at least 4 members (excludes halogenated alkanes) is 3. The number of methoxy groups -OCH3 is 2. The Morgan fingerprint density at radius 1 is 0.779 bits per heavy atom. The van der Waals surface area contributed by atoms with E-state index in [2.05, 4.69) is 54.3 Å². The Bertz CT molecular complexity index is 2780. The largest absolute Gasteiger partial charge is 0.445 e. The molecule has 0 spiro atoms. The monoisotopic (exact) mass is 1350 g/mol. The van der Waals surface area contributed by atoms with Gasteiger partial charge in [0.25, 0.3) is 0 Å². The van der Waals surface area contributed by atoms with Crippen LogP contribution in [0, 0.1) is 35.5 Å². The van der Waals surface area contributed by atoms with Crippen LogP contribution in [-0.4, -0.2) is 170 Å². The molecule has 534 valence electrons. The summed E-state index contributed by atoms with van der Waals surface area (Å²) in [5.74, 6) is -4.19. The van der Waals surface area contributed by atoms with Crippen molar-refractivity contribution in [3.05, 3.63) is 71.3 Å². The molecule has 2 aromatic rings. The Labute approximate surface area is 570 Å². The number of aliphatic hydroxyl groups excluding tert-OH is 1. The number of ether oxygens (including phenoxy) is 6. The predicted octanol–water partition coefficient (Wildman–Crippen LogP) is 10.9. The molecule has 8 unspecified atom stereocenters. The molecule has 1 aliphatic carbocycles. The van der Waals surface area contributed by atoms with E-state index in [0.717, 1.165) is 32.1 Å². The molecule has 0 bridgehead atoms. The number of nitrogens with zero attached hydrogens (tertiary/aromatic N) is 2. The minimum Gasteiger partial charge on any atom is -0.445 e. The van der Waals surface area contributed by atoms with Gasteiger partial charge in [0.2, 0.25) is 29.5 Å². The van der Waals surface area contributed by atoms with Crippen molar-refractivity contribution in [3.8, 4) is 0 Å². The SMILES string of the molecule is CCCCCCc1ccc([C@H](O)[C@@H](C)NC(=O)C(C)C(OC)C2CCCC2C(=O)CC(OC)C([C@@H](C)CC)N(C)C(=O)C(NC(=O)[C@H](C(C)C)N(C)C(=O)OCc2ccc(NC(=O)OC3/C=C/COCOC3)c(NC(=O)CCNC(=O)CSC(C)(C)CCC)c2)C(C)C)cc1. The maximum absolute atomic E-state index is 14.9. The summed E-state index contributed by atoms with van der Waals surface area (Å²) in [6.45, 7) is 23.3. The van der Waals surface area contributed by atoms with Gasteiger partial charge in [-0.1, -0.05) is 151 Å². The first-order valence-corrected chi connectivity index (χ1v) is 35.4. The van der Waals surface area contributed by atoms with Crippen molar-refractivity contribution < 1.29 is 71.9 Å². The molecule has 6 N–H and O–H groups in total. The molecule has 23 heteroatoms. The minimum atomic E-state index is -1.11. The van der Waals surface area contributed by atoms with Gasteiger partial charge in [-0.25, -0.2) is 9.59 Å². The van der Waals surface area contributed by atoms with Gasteiger partial charge in [0.15, 0.2) is 0 Å². The van der Waals surface area contributed by atoms with Gasteiger partial charge >= 0.3 is 12.2 Å². The number of ketones is 1. The zero-order valence-corrected chi connectivity index (χ0v) is 60.5. The summed E-state index contributed by atoms with van der Waals surface area (Å²) in [6, 6.07) is 9.18. The second-order valence-corrected chi connectivity index (χ2v) is 28.7. The first-order valence-electron chi connectivity index (χ1n) is 34.4. The van der Waals surface area contributed by atoms with Crippen molar-refractivity contribution in [2.75, 3.05) is 71.3 Å². The lowest BCUT2D eigenvalue weighted by Gasteiger charge is -2.40. The zero-order valence-electron chi connectivity index (χ0n) is 59.7. The summed E-state index contributed by atoms with van der Waals surface area (Å²) in [5.41, 5.74) is 2.66. The molecule has 12 atom stereocenters. The van der Waals surface area contributed by atoms with Crippen molar-refractivity contribution in [1.29, 1.82) is 0 Å². The van der Waals surface area contributed by atoms with Crippen LogP contribution in [0.1, 0.15) is 183 Å². The molecule has 1 saturated carbocycles. The van der Waals surface area contributed by atoms with Crippen molar-refractivity contribution in [3.63, 3.8) is 0 Å². The first-order chi connectivity index (χ1) is 45.1. The highest BCUT2D eigenvalue weighted by Gasteiger charge is 2.45. The number of thioether (sulfide) groups is 1. The number of hydrogen-bond acceptors (Lipinski definition) is 16. The Morgan fingerprint density at radius 3 is 2.13 bits per heavy atom. The maximum Gasteiger partial charge on any atom is 0.412 e. The number of aliphatic hydroxyl groups is 1. The van der Waals surface area contributed by atoms with Crippen LogP contribution in [0.15, 0.2) is 54.6 Å². The highest BCUT2D eigenvalue weighted by atomic mass is 32.2. The van der Waals surface area contributed by atoms with E-state index in [1.807, 2.05) is 52.0 Å². The highest BCUT2D eigenvalue weighted by molar-refractivity contribution is 8.01. The number of anilines is 2. The fraction of sp³-hybridized carbons (Fsp3) is 0.694. The lowest BCUT2D eigenvalue weighted by Crippen LogP contribution is -2.60. The standard InChI is InChI=1S/C72H115N7O15S/c1-17-20-21-22-25-50-29-32-52(33-30-50)65(83)49(10)74-67(84)48(9)66(90-16)55-28-23-27-54(55)58(80)40-59(89-15)64(47(8)19-3)78(13)69(86)62(45(4)5)77-68(85)63(46(6)7)79(14)71(88)93-41-51-31-34-56(76-70(87)94-53-26-24-38-91-44-92-42-53)57(39-51)75-60(81)35-37-73-61(82)43-95-72(11,12)36-18-2/h24,26,29-34,39,45-49,53-55,59,62-66,83H,17-23,25,27-28,35-38,40-44H2,1-16H3,(H,73,82)(H,74,84)(H,75,81)(H,76,87)(H,77,85)/b26-24+/t47-,48?,49+,53?,54?,55?,59?,62?,63-,64?,65+,66?/m0/s1. The van der Waals surface area contributed by atoms with Crippen LogP contribution in [-0.2, 0) is 70.2 Å². The van der Waals surface area contributed by atoms with Gasteiger partial charge in [0.05, 0.1) is 66.7 Å². The molecular formula is C72H115N7O15S. The Balaban J connectivity index is 1.44. The molecule has 2 aliphatic rings. The number of amides is 7. The lowest BCUT2D eigenvalue weighted by atomic mass is 9.79. The van der Waals surface area contributed by atoms with Crippen LogP contribution in [0.3, 0.4) is 0 Å². The number of carbonyl (C=O) groups is 8. The fourth-order valence-electron chi connectivity index (χ4n) is 12.7. The van der Waals surface area contributed by atoms with Gasteiger partial charge in [-0.15, -0.1) is 11.8 Å². The Hall–Kier alpha value is -6.11. The van der Waals surface area contributed by atoms with Crippen molar-refractivity contribution >= 4 is 70.6 Å². The number of likely N-dealkylation sites (N-methyl/N-ethyl adjacent to an activating group) is 2. The van der Waals surface area contributed by atoms with E-state index in [0.29, 0.717) is 30.4 Å². The van der Waals surface area contributed by atoms with E-state index in [1.165, 1.54) is 56.0 Å². The fourth-order valence-corrected chi connectivity index (χ4v) is 13.7. The molecule has 4 rings (SSSR count). The van der Waals surface area contributed by atoms with Crippen molar-refractivity contribution in [2.45, 2.75) is 226 Å². The van der Waals surface area contributed by atoms with Crippen LogP contribution in [0.25, 0.3) is 0 Å². The third-order valence-corrected chi connectivity index (χ3v) is 19.8. The smallest absolute Gasteiger partial charge is 0.412 e. The Morgan fingerprint density at radius 2 is 1.48 bits per heavy atom. The maximum atomic E-state index is 14.9. The van der Waals surface area contributed by atoms with Gasteiger partial charge in [-0.2, -0.15) is 0 Å². The van der Waals surface area contributed by atoms with Gasteiger partial charge in [0.1, 0.15) is 37.4 Å². The average molecular weight is 1350 g/mol. The van der Waals surface area contributed by atoms with E-state index in [1.54, 1.807) is 76.7 Å². The van der Waals surface area contributed by atoms with Crippen molar-refractivity contribution in [2.24, 2.45) is 35.5 Å². The van der Waals surface area contributed by atoms with Crippen LogP contribution < -0.4 is 26.6 Å². The molecule has 2 aromatic carbocycles. The van der Waals surface area contributed by atoms with E-state index < -0.39 is 102 Å². The summed E-state index contributed by atoms with van der Waals surface area (Å²) in [4.78, 5) is 114. The molecule has 0 radical (unpaired) electrons. The van der Waals surface area contributed by atoms with Gasteiger partial charge in [-0.05, 0) is 97.6 Å². The van der Waals surface area contributed by atoms with Gasteiger partial charge < -0.3 is 59.7 Å². The van der Waals surface area contributed by atoms with Crippen LogP contribution in [0.2, 0.25) is 0 Å². The molecule has 1 heterocycles. The minimum absolute atomic E-state index is 0.0152. The second-order valence-electron chi connectivity index (χ2n) is 27.0. The number of nitrogens with one attached hydrogen (secondary N) is 5. The third kappa shape index (κ3) is 26.0. The predicted molar refractivity (Wildman–Crippen MR) is 371 cm³/mol. The number of Topliss-reactive ketones (excluding diaryl/α,β-unsaturated/α-hetero) is 1. The number of benzene rings is 2. The molecule has 22 nitrogen and oxygen atoms in total. The highest BCUT2D eigenvalue weighted by Crippen LogP contribution is 2.40. The summed E-state index contributed by atoms with van der Waals surface area (Å²) >= 11 is 1.55. The number of aryl methyl sites for hydroxylation is 1.